The average Bonchev–Trinajstić information content (AvgIpc) is 2.17. The first-order valence-corrected chi connectivity index (χ1v) is 5.34. The fraction of sp³-hybridized carbons (Fsp3) is 0.800. The second-order valence-electron chi connectivity index (χ2n) is 4.43. The SMILES string of the molecule is CC(C)C[NH+]1CCN(C(=O)C(=O)[O-])CC1. The largest absolute Gasteiger partial charge is 0.540 e. The number of quaternary nitrogens is 1. The molecular weight excluding hydrogens is 196 g/mol. The number of carbonyl (C=O) groups is 2. The zero-order valence-corrected chi connectivity index (χ0v) is 9.28. The van der Waals surface area contributed by atoms with E-state index in [4.69, 9.17) is 0 Å². The fourth-order valence-corrected chi connectivity index (χ4v) is 1.94. The highest BCUT2D eigenvalue weighted by Crippen LogP contribution is 1.91. The van der Waals surface area contributed by atoms with Gasteiger partial charge < -0.3 is 19.7 Å². The summed E-state index contributed by atoms with van der Waals surface area (Å²) in [6, 6.07) is 0. The molecule has 0 aliphatic carbocycles. The van der Waals surface area contributed by atoms with E-state index in [2.05, 4.69) is 13.8 Å². The summed E-state index contributed by atoms with van der Waals surface area (Å²) in [6.45, 7) is 8.10. The zero-order valence-electron chi connectivity index (χ0n) is 9.28. The topological polar surface area (TPSA) is 64.9 Å². The van der Waals surface area contributed by atoms with Crippen molar-refractivity contribution >= 4 is 11.9 Å². The lowest BCUT2D eigenvalue weighted by molar-refractivity contribution is -0.906. The summed E-state index contributed by atoms with van der Waals surface area (Å²) in [5.74, 6) is -1.84. The quantitative estimate of drug-likeness (QED) is 0.502. The molecule has 5 heteroatoms. The van der Waals surface area contributed by atoms with Gasteiger partial charge in [-0.3, -0.25) is 4.79 Å². The normalized spacial score (nSPS) is 18.2. The van der Waals surface area contributed by atoms with Gasteiger partial charge in [-0.2, -0.15) is 0 Å². The summed E-state index contributed by atoms with van der Waals surface area (Å²) in [5.41, 5.74) is 0. The first-order chi connectivity index (χ1) is 7.00. The van der Waals surface area contributed by atoms with Crippen LogP contribution < -0.4 is 10.0 Å². The first kappa shape index (κ1) is 12.0. The number of carboxylic acid groups (broad SMARTS) is 1. The predicted octanol–water partition coefficient (Wildman–Crippen LogP) is -2.88. The number of carbonyl (C=O) groups excluding carboxylic acids is 2. The summed E-state index contributed by atoms with van der Waals surface area (Å²) >= 11 is 0. The molecule has 0 spiro atoms. The first-order valence-electron chi connectivity index (χ1n) is 5.34. The van der Waals surface area contributed by atoms with Crippen LogP contribution in [0.2, 0.25) is 0 Å². The molecular formula is C10H18N2O3. The van der Waals surface area contributed by atoms with Crippen molar-refractivity contribution in [3.8, 4) is 0 Å². The van der Waals surface area contributed by atoms with Crippen molar-refractivity contribution in [2.45, 2.75) is 13.8 Å². The number of aliphatic carboxylic acids is 1. The van der Waals surface area contributed by atoms with Gasteiger partial charge in [0.05, 0.1) is 32.7 Å². The molecule has 1 fully saturated rings. The van der Waals surface area contributed by atoms with Crippen molar-refractivity contribution in [2.75, 3.05) is 32.7 Å². The Bertz CT molecular complexity index is 245. The number of rotatable bonds is 2. The Morgan fingerprint density at radius 3 is 2.27 bits per heavy atom. The van der Waals surface area contributed by atoms with E-state index < -0.39 is 11.9 Å². The standard InChI is InChI=1S/C10H18N2O3/c1-8(2)7-11-3-5-12(6-4-11)9(13)10(14)15/h8H,3-7H2,1-2H3,(H,14,15). The molecule has 1 rings (SSSR count). The third-order valence-electron chi connectivity index (χ3n) is 2.63. The Balaban J connectivity index is 2.36. The van der Waals surface area contributed by atoms with E-state index in [0.717, 1.165) is 19.6 Å². The minimum Gasteiger partial charge on any atom is -0.540 e. The van der Waals surface area contributed by atoms with E-state index in [1.807, 2.05) is 0 Å². The van der Waals surface area contributed by atoms with Crippen molar-refractivity contribution in [2.24, 2.45) is 5.92 Å². The lowest BCUT2D eigenvalue weighted by Crippen LogP contribution is -3.15. The van der Waals surface area contributed by atoms with Gasteiger partial charge in [-0.05, 0) is 0 Å². The summed E-state index contributed by atoms with van der Waals surface area (Å²) in [6.07, 6.45) is 0. The third kappa shape index (κ3) is 3.51. The van der Waals surface area contributed by atoms with Crippen LogP contribution in [0.25, 0.3) is 0 Å². The molecule has 1 saturated heterocycles. The third-order valence-corrected chi connectivity index (χ3v) is 2.63. The Hall–Kier alpha value is -1.10. The lowest BCUT2D eigenvalue weighted by Gasteiger charge is -2.33. The molecule has 1 aliphatic heterocycles. The van der Waals surface area contributed by atoms with Crippen LogP contribution in [0.15, 0.2) is 0 Å². The van der Waals surface area contributed by atoms with Crippen molar-refractivity contribution in [1.29, 1.82) is 0 Å². The molecule has 0 unspecified atom stereocenters. The summed E-state index contributed by atoms with van der Waals surface area (Å²) < 4.78 is 0. The number of nitrogens with zero attached hydrogens (tertiary/aromatic N) is 1. The number of piperazine rings is 1. The highest BCUT2D eigenvalue weighted by molar-refractivity contribution is 6.30. The number of hydrogen-bond acceptors (Lipinski definition) is 3. The maximum atomic E-state index is 11.1. The zero-order chi connectivity index (χ0) is 11.4. The molecule has 86 valence electrons. The van der Waals surface area contributed by atoms with Crippen molar-refractivity contribution in [3.63, 3.8) is 0 Å². The molecule has 1 aliphatic rings. The van der Waals surface area contributed by atoms with E-state index in [0.29, 0.717) is 19.0 Å². The highest BCUT2D eigenvalue weighted by Gasteiger charge is 2.24. The Morgan fingerprint density at radius 1 is 1.33 bits per heavy atom. The fourth-order valence-electron chi connectivity index (χ4n) is 1.94. The van der Waals surface area contributed by atoms with Crippen LogP contribution in [0.5, 0.6) is 0 Å². The van der Waals surface area contributed by atoms with Crippen LogP contribution in [0, 0.1) is 5.92 Å². The van der Waals surface area contributed by atoms with Gasteiger partial charge in [0, 0.05) is 5.92 Å². The van der Waals surface area contributed by atoms with E-state index in [1.165, 1.54) is 9.80 Å². The van der Waals surface area contributed by atoms with Crippen LogP contribution >= 0.6 is 0 Å². The van der Waals surface area contributed by atoms with Gasteiger partial charge in [-0.25, -0.2) is 0 Å². The average molecular weight is 214 g/mol. The van der Waals surface area contributed by atoms with Crippen molar-refractivity contribution in [3.05, 3.63) is 0 Å². The molecule has 0 aromatic heterocycles. The van der Waals surface area contributed by atoms with Gasteiger partial charge in [-0.15, -0.1) is 0 Å². The van der Waals surface area contributed by atoms with Gasteiger partial charge in [-0.1, -0.05) is 13.8 Å². The molecule has 1 heterocycles. The van der Waals surface area contributed by atoms with E-state index in [1.54, 1.807) is 0 Å². The molecule has 5 nitrogen and oxygen atoms in total. The van der Waals surface area contributed by atoms with Crippen molar-refractivity contribution in [1.82, 2.24) is 4.90 Å². The Morgan fingerprint density at radius 2 is 1.87 bits per heavy atom. The van der Waals surface area contributed by atoms with Gasteiger partial charge in [0.25, 0.3) is 5.91 Å². The number of carboxylic acids is 1. The second kappa shape index (κ2) is 5.11. The predicted molar refractivity (Wildman–Crippen MR) is 52.0 cm³/mol. The molecule has 1 amide bonds. The molecule has 1 N–H and O–H groups in total. The van der Waals surface area contributed by atoms with Gasteiger partial charge >= 0.3 is 0 Å². The number of amides is 1. The minimum absolute atomic E-state index is 0.523. The Kier molecular flexibility index (Phi) is 4.08. The molecule has 0 aromatic rings. The molecule has 0 bridgehead atoms. The minimum atomic E-state index is -1.60. The maximum absolute atomic E-state index is 11.1. The highest BCUT2D eigenvalue weighted by atomic mass is 16.4. The van der Waals surface area contributed by atoms with Crippen LogP contribution in [0.1, 0.15) is 13.8 Å². The smallest absolute Gasteiger partial charge is 0.269 e. The molecule has 0 saturated carbocycles. The number of hydrogen-bond donors (Lipinski definition) is 1. The van der Waals surface area contributed by atoms with E-state index >= 15 is 0 Å². The molecule has 0 atom stereocenters. The second-order valence-corrected chi connectivity index (χ2v) is 4.43. The Labute approximate surface area is 89.7 Å². The molecule has 15 heavy (non-hydrogen) atoms. The number of nitrogens with one attached hydrogen (secondary N) is 1. The van der Waals surface area contributed by atoms with Crippen LogP contribution in [0.4, 0.5) is 0 Å². The van der Waals surface area contributed by atoms with Crippen LogP contribution in [-0.2, 0) is 9.59 Å². The van der Waals surface area contributed by atoms with Crippen LogP contribution in [0.3, 0.4) is 0 Å². The van der Waals surface area contributed by atoms with E-state index in [-0.39, 0.29) is 0 Å². The molecule has 0 radical (unpaired) electrons. The van der Waals surface area contributed by atoms with E-state index in [9.17, 15) is 14.7 Å². The van der Waals surface area contributed by atoms with Crippen LogP contribution in [-0.4, -0.2) is 49.5 Å². The summed E-state index contributed by atoms with van der Waals surface area (Å²) in [4.78, 5) is 24.2. The summed E-state index contributed by atoms with van der Waals surface area (Å²) in [7, 11) is 0. The van der Waals surface area contributed by atoms with Gasteiger partial charge in [0.1, 0.15) is 5.97 Å². The molecule has 0 aromatic carbocycles. The van der Waals surface area contributed by atoms with Gasteiger partial charge in [0.15, 0.2) is 0 Å². The monoisotopic (exact) mass is 214 g/mol. The van der Waals surface area contributed by atoms with Gasteiger partial charge in [0.2, 0.25) is 0 Å². The lowest BCUT2D eigenvalue weighted by atomic mass is 10.2. The maximum Gasteiger partial charge on any atom is 0.269 e. The summed E-state index contributed by atoms with van der Waals surface area (Å²) in [5, 5.41) is 10.3. The van der Waals surface area contributed by atoms with Crippen molar-refractivity contribution < 1.29 is 19.6 Å².